The molecule has 0 unspecified atom stereocenters. The number of nitrogen functional groups attached to an aromatic ring is 1. The summed E-state index contributed by atoms with van der Waals surface area (Å²) in [4.78, 5) is 0. The molecule has 2 aromatic rings. The summed E-state index contributed by atoms with van der Waals surface area (Å²) in [6.07, 6.45) is 1.58. The number of nitrogens with two attached hydrogens (primary N) is 1. The zero-order valence-corrected chi connectivity index (χ0v) is 6.43. The third kappa shape index (κ3) is 0.870. The van der Waals surface area contributed by atoms with Crippen LogP contribution in [-0.2, 0) is 0 Å². The van der Waals surface area contributed by atoms with E-state index in [0.29, 0.717) is 16.3 Å². The van der Waals surface area contributed by atoms with E-state index in [1.165, 1.54) is 0 Å². The lowest BCUT2D eigenvalue weighted by Crippen LogP contribution is -1.83. The predicted molar refractivity (Wildman–Crippen MR) is 45.6 cm³/mol. The standard InChI is InChI=1S/C8H6ClNO/c9-6-1-2-7(10)5-3-4-11-8(5)6/h1-4H,10H2. The van der Waals surface area contributed by atoms with Gasteiger partial charge in [-0.15, -0.1) is 0 Å². The van der Waals surface area contributed by atoms with E-state index in [4.69, 9.17) is 21.8 Å². The van der Waals surface area contributed by atoms with Gasteiger partial charge < -0.3 is 10.2 Å². The Hall–Kier alpha value is -1.15. The minimum atomic E-state index is 0.596. The summed E-state index contributed by atoms with van der Waals surface area (Å²) in [5.41, 5.74) is 7.00. The number of hydrogen-bond acceptors (Lipinski definition) is 2. The van der Waals surface area contributed by atoms with E-state index in [1.54, 1.807) is 24.5 Å². The maximum absolute atomic E-state index is 5.82. The molecule has 0 saturated carbocycles. The molecule has 1 heterocycles. The fourth-order valence-corrected chi connectivity index (χ4v) is 1.26. The van der Waals surface area contributed by atoms with Crippen LogP contribution in [0.3, 0.4) is 0 Å². The second kappa shape index (κ2) is 2.17. The lowest BCUT2D eigenvalue weighted by atomic mass is 10.2. The topological polar surface area (TPSA) is 39.2 Å². The normalized spacial score (nSPS) is 10.6. The molecule has 0 bridgehead atoms. The summed E-state index contributed by atoms with van der Waals surface area (Å²) in [5.74, 6) is 0. The Morgan fingerprint density at radius 1 is 1.27 bits per heavy atom. The van der Waals surface area contributed by atoms with Crippen molar-refractivity contribution in [3.8, 4) is 0 Å². The van der Waals surface area contributed by atoms with Gasteiger partial charge in [-0.25, -0.2) is 0 Å². The first-order valence-electron chi connectivity index (χ1n) is 3.20. The SMILES string of the molecule is Nc1ccc(Cl)c2occc12. The van der Waals surface area contributed by atoms with Gasteiger partial charge in [-0.05, 0) is 18.2 Å². The van der Waals surface area contributed by atoms with Gasteiger partial charge in [0.05, 0.1) is 11.3 Å². The van der Waals surface area contributed by atoms with Crippen molar-refractivity contribution in [3.05, 3.63) is 29.5 Å². The number of rotatable bonds is 0. The van der Waals surface area contributed by atoms with Crippen LogP contribution in [0.25, 0.3) is 11.0 Å². The van der Waals surface area contributed by atoms with Crippen molar-refractivity contribution in [1.29, 1.82) is 0 Å². The highest BCUT2D eigenvalue weighted by Crippen LogP contribution is 2.28. The third-order valence-electron chi connectivity index (χ3n) is 1.60. The van der Waals surface area contributed by atoms with Gasteiger partial charge in [0, 0.05) is 11.1 Å². The zero-order valence-electron chi connectivity index (χ0n) is 5.67. The van der Waals surface area contributed by atoms with Crippen LogP contribution in [0.5, 0.6) is 0 Å². The highest BCUT2D eigenvalue weighted by Gasteiger charge is 2.03. The monoisotopic (exact) mass is 167 g/mol. The largest absolute Gasteiger partial charge is 0.463 e. The molecule has 2 N–H and O–H groups in total. The second-order valence-corrected chi connectivity index (χ2v) is 2.71. The molecule has 1 aromatic carbocycles. The summed E-state index contributed by atoms with van der Waals surface area (Å²) in [6, 6.07) is 5.29. The smallest absolute Gasteiger partial charge is 0.154 e. The van der Waals surface area contributed by atoms with Crippen LogP contribution in [0, 0.1) is 0 Å². The number of furan rings is 1. The first kappa shape index (κ1) is 6.55. The van der Waals surface area contributed by atoms with Crippen molar-refractivity contribution < 1.29 is 4.42 Å². The Bertz CT molecular complexity index is 358. The summed E-state index contributed by atoms with van der Waals surface area (Å²) < 4.78 is 5.12. The Labute approximate surface area is 68.6 Å². The summed E-state index contributed by atoms with van der Waals surface area (Å²) in [6.45, 7) is 0. The molecule has 3 heteroatoms. The fraction of sp³-hybridized carbons (Fsp3) is 0. The molecule has 2 nitrogen and oxygen atoms in total. The maximum atomic E-state index is 5.82. The van der Waals surface area contributed by atoms with Gasteiger partial charge in [-0.1, -0.05) is 11.6 Å². The van der Waals surface area contributed by atoms with Gasteiger partial charge in [0.1, 0.15) is 0 Å². The van der Waals surface area contributed by atoms with E-state index in [2.05, 4.69) is 0 Å². The summed E-state index contributed by atoms with van der Waals surface area (Å²) >= 11 is 5.82. The molecule has 0 radical (unpaired) electrons. The Morgan fingerprint density at radius 3 is 2.82 bits per heavy atom. The first-order valence-corrected chi connectivity index (χ1v) is 3.58. The lowest BCUT2D eigenvalue weighted by Gasteiger charge is -1.95. The van der Waals surface area contributed by atoms with Crippen LogP contribution in [-0.4, -0.2) is 0 Å². The Morgan fingerprint density at radius 2 is 2.09 bits per heavy atom. The number of fused-ring (bicyclic) bond motifs is 1. The van der Waals surface area contributed by atoms with E-state index in [1.807, 2.05) is 0 Å². The maximum Gasteiger partial charge on any atom is 0.154 e. The minimum Gasteiger partial charge on any atom is -0.463 e. The van der Waals surface area contributed by atoms with Crippen molar-refractivity contribution in [3.63, 3.8) is 0 Å². The van der Waals surface area contributed by atoms with Crippen molar-refractivity contribution in [1.82, 2.24) is 0 Å². The van der Waals surface area contributed by atoms with Crippen LogP contribution < -0.4 is 5.73 Å². The van der Waals surface area contributed by atoms with E-state index in [-0.39, 0.29) is 0 Å². The molecule has 0 aliphatic carbocycles. The molecule has 0 aliphatic rings. The molecular weight excluding hydrogens is 162 g/mol. The van der Waals surface area contributed by atoms with Gasteiger partial charge in [-0.3, -0.25) is 0 Å². The summed E-state index contributed by atoms with van der Waals surface area (Å²) in [7, 11) is 0. The Kier molecular flexibility index (Phi) is 1.29. The first-order chi connectivity index (χ1) is 5.29. The lowest BCUT2D eigenvalue weighted by molar-refractivity contribution is 0.616. The number of halogens is 1. The van der Waals surface area contributed by atoms with Crippen molar-refractivity contribution in [2.45, 2.75) is 0 Å². The van der Waals surface area contributed by atoms with E-state index in [0.717, 1.165) is 5.39 Å². The van der Waals surface area contributed by atoms with Crippen molar-refractivity contribution in [2.75, 3.05) is 5.73 Å². The third-order valence-corrected chi connectivity index (χ3v) is 1.90. The minimum absolute atomic E-state index is 0.596. The van der Waals surface area contributed by atoms with E-state index >= 15 is 0 Å². The van der Waals surface area contributed by atoms with Crippen molar-refractivity contribution in [2.24, 2.45) is 0 Å². The molecule has 2 rings (SSSR count). The number of benzene rings is 1. The second-order valence-electron chi connectivity index (χ2n) is 2.30. The average Bonchev–Trinajstić information content (AvgIpc) is 2.45. The molecule has 0 amide bonds. The van der Waals surface area contributed by atoms with Gasteiger partial charge in [0.2, 0.25) is 0 Å². The van der Waals surface area contributed by atoms with Crippen LogP contribution >= 0.6 is 11.6 Å². The van der Waals surface area contributed by atoms with Gasteiger partial charge in [-0.2, -0.15) is 0 Å². The molecular formula is C8H6ClNO. The van der Waals surface area contributed by atoms with E-state index in [9.17, 15) is 0 Å². The average molecular weight is 168 g/mol. The van der Waals surface area contributed by atoms with Gasteiger partial charge >= 0.3 is 0 Å². The fourth-order valence-electron chi connectivity index (χ4n) is 1.05. The van der Waals surface area contributed by atoms with Crippen LogP contribution in [0.1, 0.15) is 0 Å². The predicted octanol–water partition coefficient (Wildman–Crippen LogP) is 2.67. The van der Waals surface area contributed by atoms with Crippen LogP contribution in [0.2, 0.25) is 5.02 Å². The summed E-state index contributed by atoms with van der Waals surface area (Å²) in [5, 5.41) is 1.47. The molecule has 0 spiro atoms. The number of anilines is 1. The van der Waals surface area contributed by atoms with Crippen LogP contribution in [0.15, 0.2) is 28.9 Å². The van der Waals surface area contributed by atoms with Crippen LogP contribution in [0.4, 0.5) is 5.69 Å². The van der Waals surface area contributed by atoms with Gasteiger partial charge in [0.15, 0.2) is 5.58 Å². The zero-order chi connectivity index (χ0) is 7.84. The molecule has 0 saturated heterocycles. The number of hydrogen-bond donors (Lipinski definition) is 1. The quantitative estimate of drug-likeness (QED) is 0.613. The highest BCUT2D eigenvalue weighted by atomic mass is 35.5. The Balaban J connectivity index is 2.96. The van der Waals surface area contributed by atoms with E-state index < -0.39 is 0 Å². The molecule has 0 fully saturated rings. The molecule has 0 aliphatic heterocycles. The molecule has 1 aromatic heterocycles. The molecule has 11 heavy (non-hydrogen) atoms. The van der Waals surface area contributed by atoms with Crippen molar-refractivity contribution >= 4 is 28.3 Å². The molecule has 0 atom stereocenters. The van der Waals surface area contributed by atoms with Gasteiger partial charge in [0.25, 0.3) is 0 Å². The molecule has 56 valence electrons. The highest BCUT2D eigenvalue weighted by molar-refractivity contribution is 6.35.